The molecule has 0 radical (unpaired) electrons. The quantitative estimate of drug-likeness (QED) is 0.883. The van der Waals surface area contributed by atoms with Crippen molar-refractivity contribution in [2.45, 2.75) is 13.8 Å². The van der Waals surface area contributed by atoms with Crippen molar-refractivity contribution < 1.29 is 0 Å². The number of anilines is 1. The standard InChI is InChI=1S/C13H14ClN3/c1-8-9(2)16-13(17-12(8)15-3)10-4-6-11(14)7-5-10/h4-7H,1-3H3,(H,15,16,17). The van der Waals surface area contributed by atoms with Crippen molar-refractivity contribution in [2.75, 3.05) is 12.4 Å². The van der Waals surface area contributed by atoms with Gasteiger partial charge in [-0.2, -0.15) is 0 Å². The number of halogens is 1. The van der Waals surface area contributed by atoms with Crippen molar-refractivity contribution in [3.05, 3.63) is 40.5 Å². The third kappa shape index (κ3) is 2.39. The maximum Gasteiger partial charge on any atom is 0.161 e. The first-order chi connectivity index (χ1) is 8.11. The Hall–Kier alpha value is -1.61. The Morgan fingerprint density at radius 2 is 1.71 bits per heavy atom. The van der Waals surface area contributed by atoms with Gasteiger partial charge in [-0.15, -0.1) is 0 Å². The summed E-state index contributed by atoms with van der Waals surface area (Å²) in [4.78, 5) is 8.97. The first-order valence-corrected chi connectivity index (χ1v) is 5.78. The molecule has 1 aromatic heterocycles. The van der Waals surface area contributed by atoms with Gasteiger partial charge in [-0.25, -0.2) is 9.97 Å². The van der Waals surface area contributed by atoms with E-state index in [1.165, 1.54) is 0 Å². The summed E-state index contributed by atoms with van der Waals surface area (Å²) < 4.78 is 0. The second kappa shape index (κ2) is 4.72. The molecule has 3 nitrogen and oxygen atoms in total. The molecule has 1 aromatic carbocycles. The number of aryl methyl sites for hydroxylation is 1. The van der Waals surface area contributed by atoms with Gasteiger partial charge in [-0.1, -0.05) is 11.6 Å². The molecule has 17 heavy (non-hydrogen) atoms. The summed E-state index contributed by atoms with van der Waals surface area (Å²) >= 11 is 5.86. The normalized spacial score (nSPS) is 10.4. The summed E-state index contributed by atoms with van der Waals surface area (Å²) in [5, 5.41) is 3.79. The first-order valence-electron chi connectivity index (χ1n) is 5.40. The number of rotatable bonds is 2. The Morgan fingerprint density at radius 1 is 1.06 bits per heavy atom. The maximum atomic E-state index is 5.86. The molecule has 2 aromatic rings. The van der Waals surface area contributed by atoms with Crippen LogP contribution in [0.3, 0.4) is 0 Å². The van der Waals surface area contributed by atoms with E-state index in [1.54, 1.807) is 0 Å². The van der Waals surface area contributed by atoms with Crippen molar-refractivity contribution in [2.24, 2.45) is 0 Å². The highest BCUT2D eigenvalue weighted by atomic mass is 35.5. The molecule has 2 rings (SSSR count). The highest BCUT2D eigenvalue weighted by Crippen LogP contribution is 2.22. The van der Waals surface area contributed by atoms with E-state index in [9.17, 15) is 0 Å². The number of nitrogens with one attached hydrogen (secondary N) is 1. The highest BCUT2D eigenvalue weighted by Gasteiger charge is 2.08. The fraction of sp³-hybridized carbons (Fsp3) is 0.231. The predicted molar refractivity (Wildman–Crippen MR) is 71.5 cm³/mol. The van der Waals surface area contributed by atoms with Gasteiger partial charge >= 0.3 is 0 Å². The Bertz CT molecular complexity index is 535. The molecule has 0 unspecified atom stereocenters. The Kier molecular flexibility index (Phi) is 3.29. The molecule has 0 spiro atoms. The van der Waals surface area contributed by atoms with Crippen molar-refractivity contribution in [3.63, 3.8) is 0 Å². The second-order valence-electron chi connectivity index (χ2n) is 3.86. The van der Waals surface area contributed by atoms with Crippen LogP contribution < -0.4 is 5.32 Å². The lowest BCUT2D eigenvalue weighted by Gasteiger charge is -2.09. The lowest BCUT2D eigenvalue weighted by molar-refractivity contribution is 1.07. The van der Waals surface area contributed by atoms with Crippen LogP contribution in [-0.4, -0.2) is 17.0 Å². The minimum Gasteiger partial charge on any atom is -0.373 e. The number of hydrogen-bond donors (Lipinski definition) is 1. The van der Waals surface area contributed by atoms with Gasteiger partial charge in [0.25, 0.3) is 0 Å². The van der Waals surface area contributed by atoms with Gasteiger partial charge in [0.1, 0.15) is 5.82 Å². The molecule has 0 fully saturated rings. The van der Waals surface area contributed by atoms with E-state index in [1.807, 2.05) is 45.2 Å². The van der Waals surface area contributed by atoms with E-state index in [2.05, 4.69) is 15.3 Å². The number of nitrogens with zero attached hydrogens (tertiary/aromatic N) is 2. The van der Waals surface area contributed by atoms with Crippen LogP contribution >= 0.6 is 11.6 Å². The average molecular weight is 248 g/mol. The second-order valence-corrected chi connectivity index (χ2v) is 4.30. The van der Waals surface area contributed by atoms with Gasteiger partial charge in [-0.3, -0.25) is 0 Å². The van der Waals surface area contributed by atoms with E-state index in [0.717, 1.165) is 22.6 Å². The van der Waals surface area contributed by atoms with Gasteiger partial charge in [0.2, 0.25) is 0 Å². The van der Waals surface area contributed by atoms with Crippen LogP contribution in [0.15, 0.2) is 24.3 Å². The SMILES string of the molecule is CNc1nc(-c2ccc(Cl)cc2)nc(C)c1C. The van der Waals surface area contributed by atoms with Crippen LogP contribution in [0.25, 0.3) is 11.4 Å². The third-order valence-electron chi connectivity index (χ3n) is 2.73. The fourth-order valence-corrected chi connectivity index (χ4v) is 1.73. The Balaban J connectivity index is 2.52. The van der Waals surface area contributed by atoms with Crippen LogP contribution in [0.5, 0.6) is 0 Å². The van der Waals surface area contributed by atoms with Crippen LogP contribution in [-0.2, 0) is 0 Å². The molecule has 0 saturated carbocycles. The van der Waals surface area contributed by atoms with Gasteiger partial charge in [0.05, 0.1) is 0 Å². The first kappa shape index (κ1) is 11.9. The molecule has 0 amide bonds. The Morgan fingerprint density at radius 3 is 2.29 bits per heavy atom. The van der Waals surface area contributed by atoms with Crippen LogP contribution in [0.4, 0.5) is 5.82 Å². The average Bonchev–Trinajstić information content (AvgIpc) is 2.33. The molecule has 4 heteroatoms. The fourth-order valence-electron chi connectivity index (χ4n) is 1.60. The topological polar surface area (TPSA) is 37.8 Å². The zero-order valence-electron chi connectivity index (χ0n) is 10.1. The Labute approximate surface area is 106 Å². The predicted octanol–water partition coefficient (Wildman–Crippen LogP) is 3.46. The molecule has 0 atom stereocenters. The molecule has 0 saturated heterocycles. The van der Waals surface area contributed by atoms with Crippen LogP contribution in [0, 0.1) is 13.8 Å². The van der Waals surface area contributed by atoms with Crippen molar-refractivity contribution >= 4 is 17.4 Å². The summed E-state index contributed by atoms with van der Waals surface area (Å²) in [6.07, 6.45) is 0. The molecule has 1 N–H and O–H groups in total. The van der Waals surface area contributed by atoms with Gasteiger partial charge in [0, 0.05) is 28.9 Å². The summed E-state index contributed by atoms with van der Waals surface area (Å²) in [6, 6.07) is 7.53. The summed E-state index contributed by atoms with van der Waals surface area (Å²) in [5.41, 5.74) is 3.02. The smallest absolute Gasteiger partial charge is 0.161 e. The lowest BCUT2D eigenvalue weighted by Crippen LogP contribution is -2.02. The van der Waals surface area contributed by atoms with E-state index in [4.69, 9.17) is 11.6 Å². The number of benzene rings is 1. The summed E-state index contributed by atoms with van der Waals surface area (Å²) in [5.74, 6) is 1.58. The molecule has 0 bridgehead atoms. The van der Waals surface area contributed by atoms with Crippen molar-refractivity contribution in [1.82, 2.24) is 9.97 Å². The monoisotopic (exact) mass is 247 g/mol. The van der Waals surface area contributed by atoms with E-state index in [-0.39, 0.29) is 0 Å². The number of hydrogen-bond acceptors (Lipinski definition) is 3. The minimum absolute atomic E-state index is 0.714. The van der Waals surface area contributed by atoms with Crippen LogP contribution in [0.1, 0.15) is 11.3 Å². The third-order valence-corrected chi connectivity index (χ3v) is 2.98. The van der Waals surface area contributed by atoms with Gasteiger partial charge in [-0.05, 0) is 38.1 Å². The van der Waals surface area contributed by atoms with Gasteiger partial charge < -0.3 is 5.32 Å². The molecule has 88 valence electrons. The number of aromatic nitrogens is 2. The summed E-state index contributed by atoms with van der Waals surface area (Å²) in [6.45, 7) is 3.99. The maximum absolute atomic E-state index is 5.86. The van der Waals surface area contributed by atoms with Crippen molar-refractivity contribution in [1.29, 1.82) is 0 Å². The van der Waals surface area contributed by atoms with E-state index >= 15 is 0 Å². The minimum atomic E-state index is 0.714. The van der Waals surface area contributed by atoms with Crippen LogP contribution in [0.2, 0.25) is 5.02 Å². The lowest BCUT2D eigenvalue weighted by atomic mass is 10.2. The molecular formula is C13H14ClN3. The zero-order valence-corrected chi connectivity index (χ0v) is 10.8. The molecule has 1 heterocycles. The van der Waals surface area contributed by atoms with Crippen molar-refractivity contribution in [3.8, 4) is 11.4 Å². The van der Waals surface area contributed by atoms with E-state index in [0.29, 0.717) is 10.8 Å². The largest absolute Gasteiger partial charge is 0.373 e. The van der Waals surface area contributed by atoms with Gasteiger partial charge in [0.15, 0.2) is 5.82 Å². The molecule has 0 aliphatic rings. The molecule has 0 aliphatic heterocycles. The summed E-state index contributed by atoms with van der Waals surface area (Å²) in [7, 11) is 1.86. The molecular weight excluding hydrogens is 234 g/mol. The van der Waals surface area contributed by atoms with E-state index < -0.39 is 0 Å². The highest BCUT2D eigenvalue weighted by molar-refractivity contribution is 6.30. The zero-order chi connectivity index (χ0) is 12.4. The molecule has 0 aliphatic carbocycles.